The minimum absolute atomic E-state index is 0.376. The summed E-state index contributed by atoms with van der Waals surface area (Å²) in [6, 6.07) is 0.411. The zero-order chi connectivity index (χ0) is 15.0. The topological polar surface area (TPSA) is 44.7 Å². The highest BCUT2D eigenvalue weighted by Crippen LogP contribution is 2.20. The van der Waals surface area contributed by atoms with Crippen LogP contribution in [0.15, 0.2) is 0 Å². The second-order valence-corrected chi connectivity index (χ2v) is 6.77. The van der Waals surface area contributed by atoms with Gasteiger partial charge in [-0.3, -0.25) is 0 Å². The van der Waals surface area contributed by atoms with E-state index in [4.69, 9.17) is 4.74 Å². The van der Waals surface area contributed by atoms with Gasteiger partial charge in [-0.1, -0.05) is 33.1 Å². The maximum absolute atomic E-state index is 10.0. The van der Waals surface area contributed by atoms with Crippen molar-refractivity contribution in [2.75, 3.05) is 33.8 Å². The maximum Gasteiger partial charge on any atom is 0.0897 e. The minimum Gasteiger partial charge on any atom is -0.389 e. The van der Waals surface area contributed by atoms with E-state index in [1.54, 1.807) is 0 Å². The van der Waals surface area contributed by atoms with Gasteiger partial charge in [0.1, 0.15) is 0 Å². The Morgan fingerprint density at radius 3 is 2.40 bits per heavy atom. The Morgan fingerprint density at radius 1 is 1.20 bits per heavy atom. The number of likely N-dealkylation sites (N-methyl/N-ethyl adjacent to an activating group) is 1. The third kappa shape index (κ3) is 7.58. The van der Waals surface area contributed by atoms with E-state index in [0.717, 1.165) is 19.4 Å². The molecule has 4 heteroatoms. The molecule has 0 aromatic heterocycles. The van der Waals surface area contributed by atoms with Crippen molar-refractivity contribution in [2.45, 2.75) is 64.2 Å². The maximum atomic E-state index is 10.0. The van der Waals surface area contributed by atoms with Crippen molar-refractivity contribution >= 4 is 0 Å². The minimum atomic E-state index is -0.402. The van der Waals surface area contributed by atoms with Crippen LogP contribution in [0.25, 0.3) is 0 Å². The summed E-state index contributed by atoms with van der Waals surface area (Å²) < 4.78 is 5.82. The highest BCUT2D eigenvalue weighted by molar-refractivity contribution is 4.75. The summed E-state index contributed by atoms with van der Waals surface area (Å²) in [5, 5.41) is 13.5. The number of hydrogen-bond donors (Lipinski definition) is 2. The predicted octanol–water partition coefficient (Wildman–Crippen LogP) is 1.87. The van der Waals surface area contributed by atoms with E-state index >= 15 is 0 Å². The molecule has 1 rings (SSSR count). The van der Waals surface area contributed by atoms with Crippen LogP contribution >= 0.6 is 0 Å². The van der Waals surface area contributed by atoms with Crippen LogP contribution in [0.1, 0.15) is 46.0 Å². The summed E-state index contributed by atoms with van der Waals surface area (Å²) in [6.45, 7) is 6.50. The molecule has 0 radical (unpaired) electrons. The third-order valence-electron chi connectivity index (χ3n) is 4.06. The van der Waals surface area contributed by atoms with Gasteiger partial charge in [0.15, 0.2) is 0 Å². The van der Waals surface area contributed by atoms with E-state index in [1.165, 1.54) is 19.3 Å². The van der Waals surface area contributed by atoms with Gasteiger partial charge in [-0.2, -0.15) is 0 Å². The lowest BCUT2D eigenvalue weighted by atomic mass is 9.98. The second-order valence-electron chi connectivity index (χ2n) is 6.77. The Morgan fingerprint density at radius 2 is 1.85 bits per heavy atom. The number of aliphatic hydroxyl groups is 1. The first-order valence-corrected chi connectivity index (χ1v) is 8.16. The average molecular weight is 286 g/mol. The number of nitrogens with one attached hydrogen (secondary N) is 1. The second kappa shape index (κ2) is 9.72. The molecule has 20 heavy (non-hydrogen) atoms. The molecule has 0 saturated heterocycles. The third-order valence-corrected chi connectivity index (χ3v) is 4.06. The fourth-order valence-electron chi connectivity index (χ4n) is 2.73. The Balaban J connectivity index is 2.17. The number of rotatable bonds is 9. The van der Waals surface area contributed by atoms with Crippen molar-refractivity contribution in [1.82, 2.24) is 10.2 Å². The standard InChI is InChI=1S/C16H34N2O2/c1-13(2)16(11-18(3)4)17-10-14(19)12-20-15-8-6-5-7-9-15/h13-17,19H,5-12H2,1-4H3. The molecule has 1 aliphatic rings. The molecule has 0 aliphatic heterocycles. The van der Waals surface area contributed by atoms with Gasteiger partial charge in [-0.25, -0.2) is 0 Å². The van der Waals surface area contributed by atoms with E-state index in [0.29, 0.717) is 31.2 Å². The Hall–Kier alpha value is -0.160. The summed E-state index contributed by atoms with van der Waals surface area (Å²) in [5.41, 5.74) is 0. The van der Waals surface area contributed by atoms with Crippen molar-refractivity contribution in [3.05, 3.63) is 0 Å². The van der Waals surface area contributed by atoms with Crippen LogP contribution < -0.4 is 5.32 Å². The molecule has 2 N–H and O–H groups in total. The summed E-state index contributed by atoms with van der Waals surface area (Å²) in [7, 11) is 4.17. The van der Waals surface area contributed by atoms with Crippen LogP contribution in [-0.2, 0) is 4.74 Å². The summed E-state index contributed by atoms with van der Waals surface area (Å²) in [5.74, 6) is 0.559. The van der Waals surface area contributed by atoms with Crippen LogP contribution in [0.3, 0.4) is 0 Å². The Kier molecular flexibility index (Phi) is 8.69. The highest BCUT2D eigenvalue weighted by atomic mass is 16.5. The molecular formula is C16H34N2O2. The zero-order valence-corrected chi connectivity index (χ0v) is 13.8. The predicted molar refractivity (Wildman–Crippen MR) is 84.0 cm³/mol. The van der Waals surface area contributed by atoms with Crippen molar-refractivity contribution in [2.24, 2.45) is 5.92 Å². The van der Waals surface area contributed by atoms with Gasteiger partial charge in [0.05, 0.1) is 18.8 Å². The summed E-state index contributed by atoms with van der Waals surface area (Å²) in [6.07, 6.45) is 6.19. The fraction of sp³-hybridized carbons (Fsp3) is 1.00. The largest absolute Gasteiger partial charge is 0.389 e. The SMILES string of the molecule is CC(C)C(CN(C)C)NCC(O)COC1CCCCC1. The first-order chi connectivity index (χ1) is 9.49. The van der Waals surface area contributed by atoms with Crippen LogP contribution in [0, 0.1) is 5.92 Å². The van der Waals surface area contributed by atoms with Crippen molar-refractivity contribution in [3.8, 4) is 0 Å². The van der Waals surface area contributed by atoms with Gasteiger partial charge >= 0.3 is 0 Å². The molecule has 2 atom stereocenters. The highest BCUT2D eigenvalue weighted by Gasteiger charge is 2.18. The lowest BCUT2D eigenvalue weighted by Gasteiger charge is -2.28. The van der Waals surface area contributed by atoms with Gasteiger partial charge in [-0.05, 0) is 32.9 Å². The molecule has 0 heterocycles. The summed E-state index contributed by atoms with van der Waals surface area (Å²) in [4.78, 5) is 2.18. The molecule has 0 amide bonds. The molecule has 0 aromatic carbocycles. The molecule has 4 nitrogen and oxygen atoms in total. The smallest absolute Gasteiger partial charge is 0.0897 e. The fourth-order valence-corrected chi connectivity index (χ4v) is 2.73. The molecule has 0 spiro atoms. The van der Waals surface area contributed by atoms with E-state index < -0.39 is 6.10 Å². The van der Waals surface area contributed by atoms with Gasteiger partial charge in [0, 0.05) is 19.1 Å². The van der Waals surface area contributed by atoms with Crippen LogP contribution in [-0.4, -0.2) is 62.0 Å². The lowest BCUT2D eigenvalue weighted by molar-refractivity contribution is -0.0241. The lowest BCUT2D eigenvalue weighted by Crippen LogP contribution is -2.45. The molecule has 1 aliphatic carbocycles. The Labute approximate surface area is 124 Å². The van der Waals surface area contributed by atoms with E-state index in [9.17, 15) is 5.11 Å². The molecule has 1 saturated carbocycles. The van der Waals surface area contributed by atoms with Gasteiger partial charge in [0.2, 0.25) is 0 Å². The zero-order valence-electron chi connectivity index (χ0n) is 13.8. The van der Waals surface area contributed by atoms with Crippen LogP contribution in [0.2, 0.25) is 0 Å². The van der Waals surface area contributed by atoms with Crippen molar-refractivity contribution in [1.29, 1.82) is 0 Å². The number of nitrogens with zero attached hydrogens (tertiary/aromatic N) is 1. The first kappa shape index (κ1) is 17.9. The molecule has 0 bridgehead atoms. The number of ether oxygens (including phenoxy) is 1. The number of aliphatic hydroxyl groups excluding tert-OH is 1. The first-order valence-electron chi connectivity index (χ1n) is 8.16. The Bertz CT molecular complexity index is 241. The number of hydrogen-bond acceptors (Lipinski definition) is 4. The quantitative estimate of drug-likeness (QED) is 0.679. The van der Waals surface area contributed by atoms with Crippen molar-refractivity contribution in [3.63, 3.8) is 0 Å². The van der Waals surface area contributed by atoms with E-state index in [1.807, 2.05) is 0 Å². The van der Waals surface area contributed by atoms with E-state index in [-0.39, 0.29) is 0 Å². The monoisotopic (exact) mass is 286 g/mol. The average Bonchev–Trinajstić information content (AvgIpc) is 2.41. The normalized spacial score (nSPS) is 20.6. The molecule has 120 valence electrons. The van der Waals surface area contributed by atoms with Gasteiger partial charge in [-0.15, -0.1) is 0 Å². The molecule has 0 aromatic rings. The molecule has 2 unspecified atom stereocenters. The van der Waals surface area contributed by atoms with E-state index in [2.05, 4.69) is 38.2 Å². The van der Waals surface area contributed by atoms with Crippen LogP contribution in [0.4, 0.5) is 0 Å². The van der Waals surface area contributed by atoms with Crippen LogP contribution in [0.5, 0.6) is 0 Å². The van der Waals surface area contributed by atoms with Gasteiger partial charge < -0.3 is 20.1 Å². The van der Waals surface area contributed by atoms with Crippen molar-refractivity contribution < 1.29 is 9.84 Å². The summed E-state index contributed by atoms with van der Waals surface area (Å²) >= 11 is 0. The van der Waals surface area contributed by atoms with Gasteiger partial charge in [0.25, 0.3) is 0 Å². The molecule has 1 fully saturated rings. The molecular weight excluding hydrogens is 252 g/mol.